The van der Waals surface area contributed by atoms with Gasteiger partial charge in [-0.25, -0.2) is 0 Å². The Labute approximate surface area is 625 Å². The number of halogens is 9. The minimum atomic E-state index is -1.19. The van der Waals surface area contributed by atoms with Gasteiger partial charge >= 0.3 is 17.9 Å². The average Bonchev–Trinajstić information content (AvgIpc) is 1.19. The van der Waals surface area contributed by atoms with Crippen LogP contribution < -0.4 is 16.0 Å². The second-order valence-corrected chi connectivity index (χ2v) is 29.5. The zero-order valence-corrected chi connectivity index (χ0v) is 66.8. The number of hydrogen-bond donors (Lipinski definition) is 3. The minimum Gasteiger partial charge on any atom is -0.456 e. The second-order valence-electron chi connectivity index (χ2n) is 19.1. The number of rotatable bonds is 21. The van der Waals surface area contributed by atoms with E-state index in [-0.39, 0.29) is 113 Å². The summed E-state index contributed by atoms with van der Waals surface area (Å²) in [5.41, 5.74) is 0.558. The molecule has 1 heterocycles. The van der Waals surface area contributed by atoms with Crippen LogP contribution in [0, 0.1) is 22.5 Å². The Morgan fingerprint density at radius 3 is 1.43 bits per heavy atom. The molecule has 9 amide bonds. The molecule has 1 aliphatic heterocycles. The van der Waals surface area contributed by atoms with Crippen molar-refractivity contribution < 1.29 is 71.7 Å². The van der Waals surface area contributed by atoms with E-state index in [1.54, 1.807) is 14.1 Å². The van der Waals surface area contributed by atoms with E-state index in [4.69, 9.17) is 14.2 Å². The first kappa shape index (κ1) is 77.1. The van der Waals surface area contributed by atoms with Crippen molar-refractivity contribution in [2.75, 3.05) is 105 Å². The van der Waals surface area contributed by atoms with Crippen molar-refractivity contribution in [3.63, 3.8) is 0 Å². The van der Waals surface area contributed by atoms with E-state index in [9.17, 15) is 43.2 Å². The molecule has 0 radical (unpaired) electrons. The summed E-state index contributed by atoms with van der Waals surface area (Å²) in [7, 11) is 4.64. The number of amides is 9. The zero-order chi connectivity index (χ0) is 65.6. The highest BCUT2D eigenvalue weighted by molar-refractivity contribution is 14.1. The van der Waals surface area contributed by atoms with Gasteiger partial charge in [0.15, 0.2) is 19.8 Å². The summed E-state index contributed by atoms with van der Waals surface area (Å²) in [5, 5.41) is 8.24. The number of carbonyl (C=O) groups is 12. The molecule has 3 N–H and O–H groups in total. The first-order valence-corrected chi connectivity index (χ1v) is 35.7. The standard InChI is InChI=1S/C54H58I9N9O15/c1-10-13-67(7)49(79)31-37(55)34(43(61)46(40(31)58)64-28(76)22-85-25(4)73)52(82)70-16-18-71(53(83)35-38(56)32(50(80)68(8)14-11-2)41(59)47(44(35)62)65-29(77)23-86-26(5)74)20-21-72(19-17-70)54(84)36-39(57)33(51(81)69(9)15-12-3)42(60)48(45(36)63)66-30(78)24-87-27(6)75/h10-12,31,35,37,44H,1-3,13-24H2,4-9H3,(H,64,76)(H,65,77)(H,66,78). The lowest BCUT2D eigenvalue weighted by Gasteiger charge is -2.37. The van der Waals surface area contributed by atoms with E-state index in [2.05, 4.69) is 35.7 Å². The highest BCUT2D eigenvalue weighted by Crippen LogP contribution is 2.47. The number of hydrogen-bond acceptors (Lipinski definition) is 15. The summed E-state index contributed by atoms with van der Waals surface area (Å²) in [6.45, 7) is 11.8. The molecule has 0 bridgehead atoms. The van der Waals surface area contributed by atoms with Crippen LogP contribution in [0.25, 0.3) is 0 Å². The fourth-order valence-corrected chi connectivity index (χ4v) is 23.1. The maximum absolute atomic E-state index is 15.8. The van der Waals surface area contributed by atoms with Crippen LogP contribution in [0.3, 0.4) is 0 Å². The second kappa shape index (κ2) is 35.6. The summed E-state index contributed by atoms with van der Waals surface area (Å²) in [5.74, 6) is -10.0. The lowest BCUT2D eigenvalue weighted by atomic mass is 9.90. The van der Waals surface area contributed by atoms with Crippen molar-refractivity contribution in [1.29, 1.82) is 0 Å². The van der Waals surface area contributed by atoms with Crippen LogP contribution in [0.5, 0.6) is 0 Å². The van der Waals surface area contributed by atoms with Crippen LogP contribution in [0.4, 0.5) is 5.69 Å². The third kappa shape index (κ3) is 19.6. The summed E-state index contributed by atoms with van der Waals surface area (Å²) < 4.78 is 15.0. The normalized spacial score (nSPS) is 18.0. The number of anilines is 1. The summed E-state index contributed by atoms with van der Waals surface area (Å²) >= 11 is 17.5. The van der Waals surface area contributed by atoms with Crippen molar-refractivity contribution in [2.24, 2.45) is 11.8 Å². The van der Waals surface area contributed by atoms with Crippen LogP contribution in [0.2, 0.25) is 0 Å². The van der Waals surface area contributed by atoms with Gasteiger partial charge in [0.1, 0.15) is 0 Å². The summed E-state index contributed by atoms with van der Waals surface area (Å²) in [6.07, 6.45) is 4.56. The molecule has 33 heteroatoms. The quantitative estimate of drug-likeness (QED) is 0.0386. The molecule has 4 rings (SSSR count). The minimum absolute atomic E-state index is 0.0294. The van der Waals surface area contributed by atoms with Gasteiger partial charge < -0.3 is 59.6 Å². The SMILES string of the molecule is C=CCN(C)C(=O)C1=C(I)C(C(=O)N2CCN(C(=O)C3=C(I)C(NC(=O)COC(C)=O)=C(I)C(C(=O)N(C)CC=C)C3I)CCN(C(=O)c3c(I)c(NC(=O)COC(C)=O)c(I)c(C(=O)N(C)CC=C)c3I)CC2)C(I)C(NC(=O)COC(C)=O)=C1I. The Morgan fingerprint density at radius 2 is 0.943 bits per heavy atom. The predicted octanol–water partition coefficient (Wildman–Crippen LogP) is 6.56. The van der Waals surface area contributed by atoms with E-state index in [0.29, 0.717) is 10.7 Å². The number of alkyl halides is 2. The molecule has 472 valence electrons. The Morgan fingerprint density at radius 1 is 0.517 bits per heavy atom. The molecule has 0 saturated carbocycles. The van der Waals surface area contributed by atoms with Gasteiger partial charge in [-0.1, -0.05) is 63.4 Å². The van der Waals surface area contributed by atoms with Gasteiger partial charge in [0.05, 0.1) is 54.9 Å². The first-order valence-electron chi connectivity index (χ1n) is 25.6. The Balaban J connectivity index is 2.05. The molecule has 0 spiro atoms. The number of likely N-dealkylation sites (N-methyl/N-ethyl adjacent to an activating group) is 3. The summed E-state index contributed by atoms with van der Waals surface area (Å²) in [6, 6.07) is 0. The first-order chi connectivity index (χ1) is 40.8. The Bertz CT molecular complexity index is 3210. The fourth-order valence-electron chi connectivity index (χ4n) is 8.59. The molecule has 87 heavy (non-hydrogen) atoms. The van der Waals surface area contributed by atoms with Gasteiger partial charge in [-0.3, -0.25) is 57.5 Å². The maximum atomic E-state index is 15.8. The fraction of sp³-hybridized carbons (Fsp3) is 0.407. The smallest absolute Gasteiger partial charge is 0.303 e. The van der Waals surface area contributed by atoms with E-state index in [1.165, 1.54) is 54.7 Å². The molecule has 1 aromatic rings. The molecule has 4 atom stereocenters. The molecule has 1 aromatic carbocycles. The Kier molecular flexibility index (Phi) is 31.5. The van der Waals surface area contributed by atoms with Crippen LogP contribution >= 0.6 is 203 Å². The van der Waals surface area contributed by atoms with Crippen LogP contribution in [-0.4, -0.2) is 208 Å². The van der Waals surface area contributed by atoms with Crippen molar-refractivity contribution >= 4 is 280 Å². The van der Waals surface area contributed by atoms with Crippen LogP contribution in [0.1, 0.15) is 41.5 Å². The van der Waals surface area contributed by atoms with Gasteiger partial charge in [0.25, 0.3) is 41.4 Å². The molecule has 2 aliphatic carbocycles. The van der Waals surface area contributed by atoms with Crippen molar-refractivity contribution in [3.8, 4) is 0 Å². The molecule has 1 fully saturated rings. The third-order valence-corrected chi connectivity index (χ3v) is 23.5. The van der Waals surface area contributed by atoms with Gasteiger partial charge in [0, 0.05) is 130 Å². The van der Waals surface area contributed by atoms with Crippen LogP contribution in [-0.2, 0) is 62.2 Å². The number of ether oxygens (including phenoxy) is 3. The van der Waals surface area contributed by atoms with Crippen molar-refractivity contribution in [1.82, 2.24) is 40.0 Å². The van der Waals surface area contributed by atoms with Crippen molar-refractivity contribution in [3.05, 3.63) is 96.7 Å². The number of allylic oxidation sites excluding steroid dienone is 2. The maximum Gasteiger partial charge on any atom is 0.303 e. The number of nitrogens with zero attached hydrogens (tertiary/aromatic N) is 6. The van der Waals surface area contributed by atoms with E-state index in [1.807, 2.05) is 203 Å². The van der Waals surface area contributed by atoms with Gasteiger partial charge in [-0.05, 0) is 158 Å². The summed E-state index contributed by atoms with van der Waals surface area (Å²) in [4.78, 5) is 174. The molecular weight excluding hydrogens is 2160 g/mol. The van der Waals surface area contributed by atoms with E-state index in [0.717, 1.165) is 20.8 Å². The topological polar surface area (TPSA) is 288 Å². The largest absolute Gasteiger partial charge is 0.456 e. The van der Waals surface area contributed by atoms with E-state index < -0.39 is 111 Å². The molecule has 1 saturated heterocycles. The number of benzene rings is 1. The molecule has 3 aliphatic rings. The van der Waals surface area contributed by atoms with Crippen LogP contribution in [0.15, 0.2) is 74.8 Å². The molecule has 24 nitrogen and oxygen atoms in total. The molecule has 0 aromatic heterocycles. The van der Waals surface area contributed by atoms with Gasteiger partial charge in [-0.15, -0.1) is 19.7 Å². The monoisotopic (exact) mass is 2210 g/mol. The highest BCUT2D eigenvalue weighted by atomic mass is 127. The lowest BCUT2D eigenvalue weighted by molar-refractivity contribution is -0.146. The Hall–Kier alpha value is -2.39. The van der Waals surface area contributed by atoms with Gasteiger partial charge in [-0.2, -0.15) is 0 Å². The number of carbonyl (C=O) groups excluding carboxylic acids is 12. The zero-order valence-electron chi connectivity index (χ0n) is 47.4. The molecular formula is C54H58I9N9O15. The lowest BCUT2D eigenvalue weighted by Crippen LogP contribution is -2.49. The van der Waals surface area contributed by atoms with Crippen molar-refractivity contribution in [2.45, 2.75) is 28.6 Å². The molecule has 4 unspecified atom stereocenters. The third-order valence-electron chi connectivity index (χ3n) is 12.9. The predicted molar refractivity (Wildman–Crippen MR) is 398 cm³/mol. The van der Waals surface area contributed by atoms with Gasteiger partial charge in [0.2, 0.25) is 11.8 Å². The number of esters is 3. The number of nitrogens with one attached hydrogen (secondary N) is 3. The highest BCUT2D eigenvalue weighted by Gasteiger charge is 2.47. The van der Waals surface area contributed by atoms with E-state index >= 15 is 14.4 Å². The average molecular weight is 2220 g/mol.